The number of carbonyl (C=O) groups excluding carboxylic acids is 1. The Morgan fingerprint density at radius 3 is 2.48 bits per heavy atom. The van der Waals surface area contributed by atoms with Gasteiger partial charge in [0.1, 0.15) is 5.75 Å². The lowest BCUT2D eigenvalue weighted by atomic mass is 10.2. The summed E-state index contributed by atoms with van der Waals surface area (Å²) in [6.07, 6.45) is 0. The third-order valence-electron chi connectivity index (χ3n) is 3.03. The summed E-state index contributed by atoms with van der Waals surface area (Å²) in [6, 6.07) is 12.0. The Morgan fingerprint density at radius 2 is 1.84 bits per heavy atom. The summed E-state index contributed by atoms with van der Waals surface area (Å²) in [5, 5.41) is 6.48. The number of hydrogen-bond acceptors (Lipinski definition) is 3. The fourth-order valence-corrected chi connectivity index (χ4v) is 2.69. The summed E-state index contributed by atoms with van der Waals surface area (Å²) < 4.78 is 5.67. The normalized spacial score (nSPS) is 10.4. The molecule has 2 N–H and O–H groups in total. The van der Waals surface area contributed by atoms with E-state index in [1.54, 1.807) is 6.07 Å². The average Bonchev–Trinajstić information content (AvgIpc) is 2.52. The molecule has 0 aliphatic heterocycles. The number of ether oxygens (including phenoxy) is 1. The van der Waals surface area contributed by atoms with Crippen LogP contribution < -0.4 is 15.4 Å². The predicted octanol–water partition coefficient (Wildman–Crippen LogP) is 5.16. The molecule has 1 amide bonds. The maximum atomic E-state index is 12.2. The van der Waals surface area contributed by atoms with Crippen molar-refractivity contribution in [3.63, 3.8) is 0 Å². The standard InChI is InChI=1S/C18H18Cl2N2O2S/c1-11(2)10-24-16-5-3-4-15(9-16)21-18(25)22-17(23)12-6-13(19)8-14(20)7-12/h3-9,11H,10H2,1-2H3,(H2,21,22,23,25). The number of halogens is 2. The topological polar surface area (TPSA) is 50.4 Å². The zero-order valence-electron chi connectivity index (χ0n) is 13.8. The fraction of sp³-hybridized carbons (Fsp3) is 0.222. The van der Waals surface area contributed by atoms with Gasteiger partial charge in [0, 0.05) is 27.4 Å². The van der Waals surface area contributed by atoms with Gasteiger partial charge in [-0.2, -0.15) is 0 Å². The van der Waals surface area contributed by atoms with Crippen molar-refractivity contribution < 1.29 is 9.53 Å². The molecule has 0 aliphatic rings. The molecule has 132 valence electrons. The van der Waals surface area contributed by atoms with Crippen molar-refractivity contribution in [2.75, 3.05) is 11.9 Å². The van der Waals surface area contributed by atoms with Crippen LogP contribution in [0.4, 0.5) is 5.69 Å². The summed E-state index contributed by atoms with van der Waals surface area (Å²) in [5.74, 6) is 0.769. The van der Waals surface area contributed by atoms with Crippen LogP contribution in [0.25, 0.3) is 0 Å². The molecule has 0 aliphatic carbocycles. The molecule has 0 saturated carbocycles. The van der Waals surface area contributed by atoms with Crippen LogP contribution >= 0.6 is 35.4 Å². The SMILES string of the molecule is CC(C)COc1cccc(NC(=S)NC(=O)c2cc(Cl)cc(Cl)c2)c1. The van der Waals surface area contributed by atoms with E-state index >= 15 is 0 Å². The van der Waals surface area contributed by atoms with Crippen molar-refractivity contribution in [2.24, 2.45) is 5.92 Å². The molecule has 0 radical (unpaired) electrons. The van der Waals surface area contributed by atoms with Crippen LogP contribution in [0.2, 0.25) is 10.0 Å². The van der Waals surface area contributed by atoms with Gasteiger partial charge >= 0.3 is 0 Å². The second-order valence-corrected chi connectivity index (χ2v) is 7.08. The molecule has 25 heavy (non-hydrogen) atoms. The van der Waals surface area contributed by atoms with Crippen LogP contribution in [0, 0.1) is 5.92 Å². The molecule has 4 nitrogen and oxygen atoms in total. The van der Waals surface area contributed by atoms with Crippen LogP contribution in [0.3, 0.4) is 0 Å². The van der Waals surface area contributed by atoms with Crippen molar-refractivity contribution in [3.05, 3.63) is 58.1 Å². The molecule has 0 unspecified atom stereocenters. The monoisotopic (exact) mass is 396 g/mol. The van der Waals surface area contributed by atoms with E-state index in [1.807, 2.05) is 24.3 Å². The van der Waals surface area contributed by atoms with Crippen molar-refractivity contribution in [1.82, 2.24) is 5.32 Å². The van der Waals surface area contributed by atoms with Crippen LogP contribution in [-0.2, 0) is 0 Å². The van der Waals surface area contributed by atoms with Gasteiger partial charge in [-0.25, -0.2) is 0 Å². The smallest absolute Gasteiger partial charge is 0.257 e. The molecule has 7 heteroatoms. The van der Waals surface area contributed by atoms with Gasteiger partial charge in [0.15, 0.2) is 5.11 Å². The first-order chi connectivity index (χ1) is 11.8. The molecular weight excluding hydrogens is 379 g/mol. The number of thiocarbonyl (C=S) groups is 1. The van der Waals surface area contributed by atoms with Crippen molar-refractivity contribution in [2.45, 2.75) is 13.8 Å². The molecule has 2 aromatic rings. The molecule has 0 fully saturated rings. The zero-order chi connectivity index (χ0) is 18.4. The van der Waals surface area contributed by atoms with Crippen molar-refractivity contribution in [3.8, 4) is 5.75 Å². The number of carbonyl (C=O) groups is 1. The third-order valence-corrected chi connectivity index (χ3v) is 3.67. The van der Waals surface area contributed by atoms with Gasteiger partial charge in [-0.1, -0.05) is 43.1 Å². The lowest BCUT2D eigenvalue weighted by Crippen LogP contribution is -2.34. The van der Waals surface area contributed by atoms with Gasteiger partial charge in [0.25, 0.3) is 5.91 Å². The summed E-state index contributed by atoms with van der Waals surface area (Å²) in [4.78, 5) is 12.2. The number of anilines is 1. The van der Waals surface area contributed by atoms with Gasteiger partial charge in [-0.05, 0) is 48.5 Å². The molecule has 0 atom stereocenters. The van der Waals surface area contributed by atoms with Crippen molar-refractivity contribution >= 4 is 52.1 Å². The molecule has 0 heterocycles. The Morgan fingerprint density at radius 1 is 1.16 bits per heavy atom. The first-order valence-corrected chi connectivity index (χ1v) is 8.81. The largest absolute Gasteiger partial charge is 0.493 e. The minimum atomic E-state index is -0.394. The van der Waals surface area contributed by atoms with E-state index in [2.05, 4.69) is 24.5 Å². The highest BCUT2D eigenvalue weighted by atomic mass is 35.5. The van der Waals surface area contributed by atoms with E-state index < -0.39 is 5.91 Å². The second kappa shape index (κ2) is 9.04. The Hall–Kier alpha value is -1.82. The van der Waals surface area contributed by atoms with Crippen LogP contribution in [0.15, 0.2) is 42.5 Å². The summed E-state index contributed by atoms with van der Waals surface area (Å²) in [6.45, 7) is 4.78. The first kappa shape index (κ1) is 19.5. The average molecular weight is 397 g/mol. The quantitative estimate of drug-likeness (QED) is 0.685. The summed E-state index contributed by atoms with van der Waals surface area (Å²) in [7, 11) is 0. The fourth-order valence-electron chi connectivity index (χ4n) is 1.95. The lowest BCUT2D eigenvalue weighted by molar-refractivity contribution is 0.0977. The lowest BCUT2D eigenvalue weighted by Gasteiger charge is -2.12. The van der Waals surface area contributed by atoms with E-state index in [1.165, 1.54) is 12.1 Å². The summed E-state index contributed by atoms with van der Waals surface area (Å²) >= 11 is 17.0. The van der Waals surface area contributed by atoms with Gasteiger partial charge in [-0.15, -0.1) is 0 Å². The molecule has 0 saturated heterocycles. The Balaban J connectivity index is 1.97. The molecule has 0 spiro atoms. The van der Waals surface area contributed by atoms with Crippen molar-refractivity contribution in [1.29, 1.82) is 0 Å². The van der Waals surface area contributed by atoms with E-state index in [0.717, 1.165) is 11.4 Å². The van der Waals surface area contributed by atoms with Gasteiger partial charge < -0.3 is 10.1 Å². The zero-order valence-corrected chi connectivity index (χ0v) is 16.1. The van der Waals surface area contributed by atoms with Gasteiger partial charge in [-0.3, -0.25) is 10.1 Å². The molecule has 0 aromatic heterocycles. The van der Waals surface area contributed by atoms with E-state index in [9.17, 15) is 4.79 Å². The number of benzene rings is 2. The number of hydrogen-bond donors (Lipinski definition) is 2. The highest BCUT2D eigenvalue weighted by Gasteiger charge is 2.10. The molecule has 0 bridgehead atoms. The maximum absolute atomic E-state index is 12.2. The number of rotatable bonds is 5. The number of amides is 1. The Bertz CT molecular complexity index is 761. The van der Waals surface area contributed by atoms with Crippen LogP contribution in [-0.4, -0.2) is 17.6 Å². The highest BCUT2D eigenvalue weighted by Crippen LogP contribution is 2.20. The predicted molar refractivity (Wildman–Crippen MR) is 107 cm³/mol. The Labute approximate surface area is 162 Å². The minimum Gasteiger partial charge on any atom is -0.493 e. The van der Waals surface area contributed by atoms with Crippen LogP contribution in [0.5, 0.6) is 5.75 Å². The van der Waals surface area contributed by atoms with Gasteiger partial charge in [0.05, 0.1) is 6.61 Å². The third kappa shape index (κ3) is 6.53. The molecule has 2 aromatic carbocycles. The molecule has 2 rings (SSSR count). The van der Waals surface area contributed by atoms with E-state index in [0.29, 0.717) is 28.1 Å². The van der Waals surface area contributed by atoms with Crippen LogP contribution in [0.1, 0.15) is 24.2 Å². The highest BCUT2D eigenvalue weighted by molar-refractivity contribution is 7.80. The Kier molecular flexibility index (Phi) is 7.05. The second-order valence-electron chi connectivity index (χ2n) is 5.80. The van der Waals surface area contributed by atoms with Gasteiger partial charge in [0.2, 0.25) is 0 Å². The van der Waals surface area contributed by atoms with E-state index in [-0.39, 0.29) is 5.11 Å². The number of nitrogens with one attached hydrogen (secondary N) is 2. The summed E-state index contributed by atoms with van der Waals surface area (Å²) in [5.41, 5.74) is 1.05. The minimum absolute atomic E-state index is 0.169. The first-order valence-electron chi connectivity index (χ1n) is 7.65. The van der Waals surface area contributed by atoms with E-state index in [4.69, 9.17) is 40.2 Å². The molecular formula is C18H18Cl2N2O2S. The maximum Gasteiger partial charge on any atom is 0.257 e.